The molecule has 4 aromatic rings. The minimum absolute atomic E-state index is 1.18. The number of fused-ring (bicyclic) bond motifs is 4. The molecule has 0 bridgehead atoms. The van der Waals surface area contributed by atoms with Crippen molar-refractivity contribution in [3.8, 4) is 0 Å². The Labute approximate surface area is 448 Å². The van der Waals surface area contributed by atoms with Crippen LogP contribution in [0.3, 0.4) is 0 Å². The van der Waals surface area contributed by atoms with Crippen LogP contribution in [0, 0.1) is 0 Å². The van der Waals surface area contributed by atoms with Crippen molar-refractivity contribution in [1.29, 1.82) is 0 Å². The minimum atomic E-state index is 1.18. The Bertz CT molecular complexity index is 2020. The second-order valence-corrected chi connectivity index (χ2v) is 23.6. The number of benzene rings is 4. The molecule has 0 nitrogen and oxygen atoms in total. The van der Waals surface area contributed by atoms with Gasteiger partial charge in [0.05, 0.1) is 0 Å². The summed E-state index contributed by atoms with van der Waals surface area (Å²) in [5.74, 6) is 0. The molecule has 0 heteroatoms. The van der Waals surface area contributed by atoms with E-state index in [1.165, 1.54) is 270 Å². The molecule has 1 aliphatic rings. The maximum atomic E-state index is 2.92. The first-order chi connectivity index (χ1) is 35.4. The highest BCUT2D eigenvalue weighted by molar-refractivity contribution is 6.05. The van der Waals surface area contributed by atoms with Gasteiger partial charge < -0.3 is 0 Å². The Hall–Kier alpha value is -2.60. The molecular formula is C72H116. The zero-order valence-electron chi connectivity index (χ0n) is 49.9. The van der Waals surface area contributed by atoms with Crippen LogP contribution in [0.15, 0.2) is 12.1 Å². The molecule has 1 aliphatic carbocycles. The third-order valence-corrected chi connectivity index (χ3v) is 17.8. The van der Waals surface area contributed by atoms with Gasteiger partial charge in [0.1, 0.15) is 0 Å². The van der Waals surface area contributed by atoms with E-state index in [2.05, 4.69) is 81.4 Å². The Morgan fingerprint density at radius 3 is 0.597 bits per heavy atom. The quantitative estimate of drug-likeness (QED) is 0.0271. The van der Waals surface area contributed by atoms with Crippen LogP contribution in [0.4, 0.5) is 0 Å². The fourth-order valence-corrected chi connectivity index (χ4v) is 13.7. The van der Waals surface area contributed by atoms with E-state index in [9.17, 15) is 0 Å². The van der Waals surface area contributed by atoms with Gasteiger partial charge in [0.15, 0.2) is 0 Å². The van der Waals surface area contributed by atoms with Crippen LogP contribution >= 0.6 is 0 Å². The van der Waals surface area contributed by atoms with Crippen molar-refractivity contribution in [2.75, 3.05) is 0 Å². The highest BCUT2D eigenvalue weighted by atomic mass is 14.4. The first kappa shape index (κ1) is 60.3. The molecule has 404 valence electrons. The van der Waals surface area contributed by atoms with Gasteiger partial charge in [-0.3, -0.25) is 0 Å². The van der Waals surface area contributed by atoms with E-state index in [4.69, 9.17) is 0 Å². The fourth-order valence-electron chi connectivity index (χ4n) is 13.7. The topological polar surface area (TPSA) is 0 Å². The smallest absolute Gasteiger partial charge is 0.00141 e. The summed E-state index contributed by atoms with van der Waals surface area (Å²) in [7, 11) is 0. The van der Waals surface area contributed by atoms with Gasteiger partial charge in [-0.15, -0.1) is 0 Å². The van der Waals surface area contributed by atoms with E-state index >= 15 is 0 Å². The molecule has 0 aromatic heterocycles. The molecule has 0 saturated heterocycles. The average Bonchev–Trinajstić information content (AvgIpc) is 3.38. The monoisotopic (exact) mass is 981 g/mol. The van der Waals surface area contributed by atoms with E-state index in [1.54, 1.807) is 54.9 Å². The van der Waals surface area contributed by atoms with Gasteiger partial charge in [-0.2, -0.15) is 0 Å². The van der Waals surface area contributed by atoms with Gasteiger partial charge in [-0.1, -0.05) is 198 Å². The van der Waals surface area contributed by atoms with E-state index in [1.807, 2.05) is 44.5 Å². The lowest BCUT2D eigenvalue weighted by atomic mass is 9.70. The maximum Gasteiger partial charge on any atom is -0.00141 e. The van der Waals surface area contributed by atoms with Crippen LogP contribution in [-0.2, 0) is 77.0 Å². The molecule has 0 spiro atoms. The van der Waals surface area contributed by atoms with Gasteiger partial charge in [0.25, 0.3) is 0 Å². The zero-order chi connectivity index (χ0) is 51.5. The van der Waals surface area contributed by atoms with Crippen LogP contribution in [-0.4, -0.2) is 0 Å². The largest absolute Gasteiger partial charge is 0.0654 e. The second-order valence-electron chi connectivity index (χ2n) is 23.6. The first-order valence-corrected chi connectivity index (χ1v) is 32.7. The fraction of sp³-hybridized carbons (Fsp3) is 0.722. The van der Waals surface area contributed by atoms with Crippen molar-refractivity contribution in [2.24, 2.45) is 0 Å². The van der Waals surface area contributed by atoms with E-state index < -0.39 is 0 Å². The maximum absolute atomic E-state index is 2.92. The lowest BCUT2D eigenvalue weighted by Gasteiger charge is -2.34. The van der Waals surface area contributed by atoms with Gasteiger partial charge in [0.2, 0.25) is 0 Å². The van der Waals surface area contributed by atoms with Crippen molar-refractivity contribution in [3.05, 3.63) is 90.0 Å². The second kappa shape index (κ2) is 34.1. The van der Waals surface area contributed by atoms with Gasteiger partial charge in [-0.05, 0) is 253 Å². The summed E-state index contributed by atoms with van der Waals surface area (Å²) >= 11 is 0. The number of aryl methyl sites for hydroxylation is 4. The number of rotatable bonds is 40. The van der Waals surface area contributed by atoms with Crippen LogP contribution in [0.25, 0.3) is 21.5 Å². The molecule has 0 amide bonds. The summed E-state index contributed by atoms with van der Waals surface area (Å²) in [6, 6.07) is 5.83. The highest BCUT2D eigenvalue weighted by Gasteiger charge is 2.32. The average molecular weight is 982 g/mol. The van der Waals surface area contributed by atoms with Gasteiger partial charge in [0, 0.05) is 0 Å². The molecule has 0 fully saturated rings. The summed E-state index contributed by atoms with van der Waals surface area (Å²) in [5, 5.41) is 6.71. The number of hydrogen-bond acceptors (Lipinski definition) is 0. The highest BCUT2D eigenvalue weighted by Crippen LogP contribution is 2.47. The van der Waals surface area contributed by atoms with E-state index in [0.717, 1.165) is 0 Å². The molecule has 0 aliphatic heterocycles. The Balaban J connectivity index is 1.99. The molecule has 0 heterocycles. The zero-order valence-corrected chi connectivity index (χ0v) is 49.9. The SMILES string of the molecule is CCCCCc1c(CCCCC)c(CCCCC)c2c(c1CCCCC)Cc1c(c(CCCCC)c3cc4c(CCCCC)c(CCCCC)c(CCCCC)c(CCCCC)c4cc3c1CCCCC)C2. The summed E-state index contributed by atoms with van der Waals surface area (Å²) in [6.45, 7) is 24.2. The normalized spacial score (nSPS) is 12.5. The lowest BCUT2D eigenvalue weighted by molar-refractivity contribution is 0.657. The first-order valence-electron chi connectivity index (χ1n) is 32.7. The summed E-state index contributed by atoms with van der Waals surface area (Å²) in [6.07, 6.45) is 54.9. The van der Waals surface area contributed by atoms with E-state index in [-0.39, 0.29) is 0 Å². The van der Waals surface area contributed by atoms with Crippen molar-refractivity contribution in [3.63, 3.8) is 0 Å². The van der Waals surface area contributed by atoms with Gasteiger partial charge >= 0.3 is 0 Å². The minimum Gasteiger partial charge on any atom is -0.0654 e. The standard InChI is InChI=1S/C72H116/c1-11-21-31-41-55-56(42-32-22-12-2)60(46-36-26-16-6)66-52-70-64(50-40-30-20-10)72-54-68-62(48-38-28-18-8)58(44-34-24-14-4)57(43-33-23-13-3)61(47-37-27-17-7)67(68)53-71(72)63(49-39-29-19-9)69(70)51-65(66)59(55)45-35-25-15-5/h51-52H,11-50,53-54H2,1-10H3. The molecule has 0 atom stereocenters. The Morgan fingerprint density at radius 1 is 0.194 bits per heavy atom. The molecule has 0 radical (unpaired) electrons. The molecule has 0 N–H and O–H groups in total. The van der Waals surface area contributed by atoms with Crippen LogP contribution in [0.1, 0.15) is 340 Å². The molecule has 72 heavy (non-hydrogen) atoms. The summed E-state index contributed by atoms with van der Waals surface area (Å²) < 4.78 is 0. The number of hydrogen-bond donors (Lipinski definition) is 0. The van der Waals surface area contributed by atoms with E-state index in [0.29, 0.717) is 0 Å². The third-order valence-electron chi connectivity index (χ3n) is 17.8. The van der Waals surface area contributed by atoms with Crippen LogP contribution in [0.2, 0.25) is 0 Å². The molecule has 0 unspecified atom stereocenters. The van der Waals surface area contributed by atoms with Crippen molar-refractivity contribution in [1.82, 2.24) is 0 Å². The summed E-state index contributed by atoms with van der Waals surface area (Å²) in [5.41, 5.74) is 25.4. The number of unbranched alkanes of at least 4 members (excludes halogenated alkanes) is 20. The lowest BCUT2D eigenvalue weighted by Crippen LogP contribution is -2.21. The Kier molecular flexibility index (Phi) is 28.6. The van der Waals surface area contributed by atoms with Crippen molar-refractivity contribution >= 4 is 21.5 Å². The van der Waals surface area contributed by atoms with Crippen molar-refractivity contribution < 1.29 is 0 Å². The molecule has 5 rings (SSSR count). The van der Waals surface area contributed by atoms with Gasteiger partial charge in [-0.25, -0.2) is 0 Å². The summed E-state index contributed by atoms with van der Waals surface area (Å²) in [4.78, 5) is 0. The predicted molar refractivity (Wildman–Crippen MR) is 326 cm³/mol. The Morgan fingerprint density at radius 2 is 0.361 bits per heavy atom. The van der Waals surface area contributed by atoms with Crippen LogP contribution < -0.4 is 0 Å². The predicted octanol–water partition coefficient (Wildman–Crippen LogP) is 22.8. The van der Waals surface area contributed by atoms with Crippen molar-refractivity contribution in [2.45, 2.75) is 339 Å². The molecular weight excluding hydrogens is 865 g/mol. The third kappa shape index (κ3) is 16.2. The molecule has 4 aromatic carbocycles. The molecule has 0 saturated carbocycles. The van der Waals surface area contributed by atoms with Crippen LogP contribution in [0.5, 0.6) is 0 Å².